The molecule has 0 unspecified atom stereocenters. The summed E-state index contributed by atoms with van der Waals surface area (Å²) in [6.07, 6.45) is 0. The average Bonchev–Trinajstić information content (AvgIpc) is 2.27. The average molecular weight is 237 g/mol. The van der Waals surface area contributed by atoms with Crippen molar-refractivity contribution in [3.63, 3.8) is 0 Å². The Morgan fingerprint density at radius 1 is 1.29 bits per heavy atom. The normalized spacial score (nSPS) is 18.5. The van der Waals surface area contributed by atoms with Crippen molar-refractivity contribution in [2.45, 2.75) is 12.5 Å². The molecule has 1 saturated heterocycles. The van der Waals surface area contributed by atoms with Gasteiger partial charge in [0.15, 0.2) is 11.5 Å². The van der Waals surface area contributed by atoms with E-state index in [0.29, 0.717) is 6.61 Å². The molecule has 4 heteroatoms. The summed E-state index contributed by atoms with van der Waals surface area (Å²) in [5.41, 5.74) is -0.509. The molecule has 1 N–H and O–H groups in total. The van der Waals surface area contributed by atoms with Crippen LogP contribution < -0.4 is 9.47 Å². The van der Waals surface area contributed by atoms with Crippen LogP contribution in [-0.4, -0.2) is 49.0 Å². The molecule has 17 heavy (non-hydrogen) atoms. The zero-order chi connectivity index (χ0) is 12.3. The van der Waals surface area contributed by atoms with Crippen LogP contribution in [0.25, 0.3) is 0 Å². The van der Waals surface area contributed by atoms with Crippen LogP contribution in [0.5, 0.6) is 11.5 Å². The van der Waals surface area contributed by atoms with Gasteiger partial charge in [-0.05, 0) is 19.1 Å². The Morgan fingerprint density at radius 3 is 2.53 bits per heavy atom. The van der Waals surface area contributed by atoms with E-state index in [9.17, 15) is 5.11 Å². The molecule has 1 aliphatic rings. The second kappa shape index (κ2) is 4.94. The van der Waals surface area contributed by atoms with E-state index in [1.807, 2.05) is 31.2 Å². The highest BCUT2D eigenvalue weighted by molar-refractivity contribution is 5.39. The molecule has 0 bridgehead atoms. The van der Waals surface area contributed by atoms with Crippen LogP contribution >= 0.6 is 0 Å². The third-order valence-electron chi connectivity index (χ3n) is 2.86. The number of para-hydroxylation sites is 2. The minimum Gasteiger partial charge on any atom is -0.493 e. The minimum absolute atomic E-state index is 0.509. The smallest absolute Gasteiger partial charge is 0.161 e. The van der Waals surface area contributed by atoms with Gasteiger partial charge in [-0.1, -0.05) is 12.1 Å². The number of methoxy groups -OCH3 is 1. The van der Waals surface area contributed by atoms with E-state index >= 15 is 0 Å². The molecule has 94 valence electrons. The first-order valence-corrected chi connectivity index (χ1v) is 5.81. The summed E-state index contributed by atoms with van der Waals surface area (Å²) < 4.78 is 10.9. The molecule has 1 aliphatic heterocycles. The maximum atomic E-state index is 9.58. The number of likely N-dealkylation sites (tertiary alicyclic amines) is 1. The van der Waals surface area contributed by atoms with Crippen molar-refractivity contribution in [2.24, 2.45) is 0 Å². The second-order valence-corrected chi connectivity index (χ2v) is 4.71. The minimum atomic E-state index is -0.509. The van der Waals surface area contributed by atoms with Gasteiger partial charge in [0, 0.05) is 19.6 Å². The Bertz CT molecular complexity index is 371. The summed E-state index contributed by atoms with van der Waals surface area (Å²) in [6, 6.07) is 7.61. The number of rotatable bonds is 5. The molecule has 0 amide bonds. The SMILES string of the molecule is COc1ccccc1OCCN1CC(C)(O)C1. The van der Waals surface area contributed by atoms with Gasteiger partial charge in [0.05, 0.1) is 12.7 Å². The molecule has 1 heterocycles. The van der Waals surface area contributed by atoms with E-state index in [4.69, 9.17) is 9.47 Å². The van der Waals surface area contributed by atoms with Crippen molar-refractivity contribution < 1.29 is 14.6 Å². The maximum Gasteiger partial charge on any atom is 0.161 e. The lowest BCUT2D eigenvalue weighted by Crippen LogP contribution is -2.60. The van der Waals surface area contributed by atoms with Gasteiger partial charge in [-0.25, -0.2) is 0 Å². The second-order valence-electron chi connectivity index (χ2n) is 4.71. The van der Waals surface area contributed by atoms with E-state index in [1.54, 1.807) is 7.11 Å². The zero-order valence-electron chi connectivity index (χ0n) is 10.3. The highest BCUT2D eigenvalue weighted by atomic mass is 16.5. The first-order valence-electron chi connectivity index (χ1n) is 5.81. The summed E-state index contributed by atoms with van der Waals surface area (Å²) >= 11 is 0. The third kappa shape index (κ3) is 3.11. The van der Waals surface area contributed by atoms with Crippen molar-refractivity contribution in [3.05, 3.63) is 24.3 Å². The molecule has 0 spiro atoms. The van der Waals surface area contributed by atoms with Crippen molar-refractivity contribution >= 4 is 0 Å². The Morgan fingerprint density at radius 2 is 1.94 bits per heavy atom. The third-order valence-corrected chi connectivity index (χ3v) is 2.86. The van der Waals surface area contributed by atoms with E-state index in [1.165, 1.54) is 0 Å². The van der Waals surface area contributed by atoms with Gasteiger partial charge in [-0.2, -0.15) is 0 Å². The summed E-state index contributed by atoms with van der Waals surface area (Å²) in [6.45, 7) is 4.74. The number of ether oxygens (including phenoxy) is 2. The number of hydrogen-bond donors (Lipinski definition) is 1. The Labute approximate surface area is 102 Å². The molecule has 4 nitrogen and oxygen atoms in total. The number of β-amino-alcohol motifs (C(OH)–C–C–N with tert-alkyl or cyclic N) is 1. The van der Waals surface area contributed by atoms with Gasteiger partial charge in [-0.15, -0.1) is 0 Å². The van der Waals surface area contributed by atoms with Gasteiger partial charge in [0.2, 0.25) is 0 Å². The Kier molecular flexibility index (Phi) is 3.54. The van der Waals surface area contributed by atoms with Crippen molar-refractivity contribution in [1.82, 2.24) is 4.90 Å². The van der Waals surface area contributed by atoms with Gasteiger partial charge in [0.1, 0.15) is 6.61 Å². The number of benzene rings is 1. The molecule has 0 saturated carbocycles. The quantitative estimate of drug-likeness (QED) is 0.834. The molecule has 0 atom stereocenters. The summed E-state index contributed by atoms with van der Waals surface area (Å²) in [4.78, 5) is 2.16. The lowest BCUT2D eigenvalue weighted by Gasteiger charge is -2.44. The summed E-state index contributed by atoms with van der Waals surface area (Å²) in [7, 11) is 1.63. The number of nitrogens with zero attached hydrogens (tertiary/aromatic N) is 1. The molecule has 0 radical (unpaired) electrons. The fourth-order valence-electron chi connectivity index (χ4n) is 2.10. The van der Waals surface area contributed by atoms with E-state index < -0.39 is 5.60 Å². The Hall–Kier alpha value is -1.26. The zero-order valence-corrected chi connectivity index (χ0v) is 10.3. The fraction of sp³-hybridized carbons (Fsp3) is 0.538. The van der Waals surface area contributed by atoms with E-state index in [2.05, 4.69) is 4.90 Å². The first-order chi connectivity index (χ1) is 8.11. The molecule has 1 aromatic rings. The van der Waals surface area contributed by atoms with Crippen molar-refractivity contribution in [2.75, 3.05) is 33.4 Å². The molecule has 0 aliphatic carbocycles. The topological polar surface area (TPSA) is 41.9 Å². The predicted molar refractivity (Wildman–Crippen MR) is 65.6 cm³/mol. The highest BCUT2D eigenvalue weighted by Gasteiger charge is 2.35. The summed E-state index contributed by atoms with van der Waals surface area (Å²) in [5.74, 6) is 1.52. The maximum absolute atomic E-state index is 9.58. The van der Waals surface area contributed by atoms with Crippen LogP contribution in [-0.2, 0) is 0 Å². The van der Waals surface area contributed by atoms with Crippen LogP contribution in [0.2, 0.25) is 0 Å². The van der Waals surface area contributed by atoms with Gasteiger partial charge < -0.3 is 14.6 Å². The van der Waals surface area contributed by atoms with Crippen LogP contribution in [0.4, 0.5) is 0 Å². The molecular weight excluding hydrogens is 218 g/mol. The van der Waals surface area contributed by atoms with Gasteiger partial charge in [0.25, 0.3) is 0 Å². The first kappa shape index (κ1) is 12.2. The highest BCUT2D eigenvalue weighted by Crippen LogP contribution is 2.26. The van der Waals surface area contributed by atoms with Crippen molar-refractivity contribution in [1.29, 1.82) is 0 Å². The fourth-order valence-corrected chi connectivity index (χ4v) is 2.10. The van der Waals surface area contributed by atoms with Crippen LogP contribution in [0, 0.1) is 0 Å². The predicted octanol–water partition coefficient (Wildman–Crippen LogP) is 1.14. The van der Waals surface area contributed by atoms with Gasteiger partial charge >= 0.3 is 0 Å². The van der Waals surface area contributed by atoms with Crippen LogP contribution in [0.1, 0.15) is 6.92 Å². The number of aliphatic hydroxyl groups is 1. The lowest BCUT2D eigenvalue weighted by molar-refractivity contribution is -0.0859. The van der Waals surface area contributed by atoms with Crippen molar-refractivity contribution in [3.8, 4) is 11.5 Å². The molecule has 2 rings (SSSR count). The molecular formula is C13H19NO3. The molecule has 1 fully saturated rings. The van der Waals surface area contributed by atoms with Gasteiger partial charge in [-0.3, -0.25) is 4.90 Å². The molecule has 0 aromatic heterocycles. The largest absolute Gasteiger partial charge is 0.493 e. The lowest BCUT2D eigenvalue weighted by atomic mass is 9.97. The van der Waals surface area contributed by atoms with E-state index in [0.717, 1.165) is 31.1 Å². The van der Waals surface area contributed by atoms with Crippen LogP contribution in [0.15, 0.2) is 24.3 Å². The van der Waals surface area contributed by atoms with Crippen LogP contribution in [0.3, 0.4) is 0 Å². The Balaban J connectivity index is 1.75. The molecule has 1 aromatic carbocycles. The number of hydrogen-bond acceptors (Lipinski definition) is 4. The monoisotopic (exact) mass is 237 g/mol. The van der Waals surface area contributed by atoms with E-state index in [-0.39, 0.29) is 0 Å². The standard InChI is InChI=1S/C13H19NO3/c1-13(15)9-14(10-13)7-8-17-12-6-4-3-5-11(12)16-2/h3-6,15H,7-10H2,1-2H3. The summed E-state index contributed by atoms with van der Waals surface area (Å²) in [5, 5.41) is 9.58.